The van der Waals surface area contributed by atoms with Gasteiger partial charge in [0.25, 0.3) is 0 Å². The second-order valence-electron chi connectivity index (χ2n) is 16.2. The van der Waals surface area contributed by atoms with Crippen molar-refractivity contribution in [1.82, 2.24) is 0 Å². The summed E-state index contributed by atoms with van der Waals surface area (Å²) in [5, 5.41) is 1.48. The van der Waals surface area contributed by atoms with Gasteiger partial charge in [0.1, 0.15) is 5.78 Å². The van der Waals surface area contributed by atoms with Crippen molar-refractivity contribution < 1.29 is 4.79 Å². The van der Waals surface area contributed by atoms with Gasteiger partial charge in [0.05, 0.1) is 0 Å². The van der Waals surface area contributed by atoms with Crippen molar-refractivity contribution in [3.8, 4) is 22.3 Å². The van der Waals surface area contributed by atoms with Crippen molar-refractivity contribution in [3.05, 3.63) is 75.8 Å². The summed E-state index contributed by atoms with van der Waals surface area (Å²) in [7, 11) is -0.613. The number of carbonyl (C=O) groups excluding carboxylic acids is 1. The molecule has 244 valence electrons. The summed E-state index contributed by atoms with van der Waals surface area (Å²) >= 11 is 0. The molecule has 0 aromatic heterocycles. The van der Waals surface area contributed by atoms with Gasteiger partial charge < -0.3 is 0 Å². The minimum absolute atomic E-state index is 0.0583. The predicted octanol–water partition coefficient (Wildman–Crippen LogP) is 13.0. The lowest BCUT2D eigenvalue weighted by molar-refractivity contribution is -0.119. The maximum absolute atomic E-state index is 13.0. The lowest BCUT2D eigenvalue weighted by Crippen LogP contribution is -2.34. The van der Waals surface area contributed by atoms with Crippen LogP contribution in [-0.4, -0.2) is 17.1 Å². The Hall–Kier alpha value is -2.24. The van der Waals surface area contributed by atoms with E-state index in [1.165, 1.54) is 60.9 Å². The highest BCUT2D eigenvalue weighted by Gasteiger charge is 2.40. The molecule has 3 aromatic rings. The predicted molar refractivity (Wildman–Crippen MR) is 202 cm³/mol. The number of Topliss-reactive ketones (excluding diaryl/α,β-unsaturated/α-hetero) is 1. The topological polar surface area (TPSA) is 17.1 Å². The highest BCUT2D eigenvalue weighted by molar-refractivity contribution is 7.68. The highest BCUT2D eigenvalue weighted by atomic mass is 31.1. The zero-order valence-electron chi connectivity index (χ0n) is 31.0. The molecule has 1 unspecified atom stereocenters. The standard InChI is InChI=1S/C43H61OP/c1-25(2)31-20-36(27(5)6)40(37(21-31)28(7)8)34-16-15-17-35(42(34)45-19-18-33(44)24-43(45,13)14)41-38(29(9)10)22-32(26(3)4)23-39(41)30(11)12/h15-17,20-23,25-30H,18-19,24H2,1-14H3. The second-order valence-corrected chi connectivity index (χ2v) is 19.2. The van der Waals surface area contributed by atoms with Crippen LogP contribution >= 0.6 is 7.92 Å². The molecule has 0 N–H and O–H groups in total. The summed E-state index contributed by atoms with van der Waals surface area (Å²) in [6, 6.07) is 17.2. The Labute approximate surface area is 277 Å². The summed E-state index contributed by atoms with van der Waals surface area (Å²) in [6.45, 7) is 33.0. The summed E-state index contributed by atoms with van der Waals surface area (Å²) in [4.78, 5) is 13.0. The van der Waals surface area contributed by atoms with Gasteiger partial charge in [-0.05, 0) is 108 Å². The summed E-state index contributed by atoms with van der Waals surface area (Å²) in [5.74, 6) is 3.02. The molecule has 1 saturated heterocycles. The van der Waals surface area contributed by atoms with Crippen LogP contribution in [0.1, 0.15) is 179 Å². The van der Waals surface area contributed by atoms with Crippen LogP contribution in [0.25, 0.3) is 22.3 Å². The molecular weight excluding hydrogens is 563 g/mol. The Morgan fingerprint density at radius 3 is 1.22 bits per heavy atom. The molecule has 4 rings (SSSR count). The average Bonchev–Trinajstić information content (AvgIpc) is 2.94. The quantitative estimate of drug-likeness (QED) is 0.216. The van der Waals surface area contributed by atoms with Crippen LogP contribution in [0.5, 0.6) is 0 Å². The molecule has 1 aliphatic rings. The SMILES string of the molecule is CC(C)c1cc(C(C)C)c(-c2cccc(-c3c(C(C)C)cc(C(C)C)cc3C(C)C)c2P2CCC(=O)CC2(C)C)c(C(C)C)c1. The van der Waals surface area contributed by atoms with Gasteiger partial charge in [-0.2, -0.15) is 0 Å². The van der Waals surface area contributed by atoms with Crippen LogP contribution in [0.3, 0.4) is 0 Å². The first kappa shape index (κ1) is 35.6. The minimum atomic E-state index is -0.613. The van der Waals surface area contributed by atoms with Crippen molar-refractivity contribution in [1.29, 1.82) is 0 Å². The monoisotopic (exact) mass is 624 g/mol. The molecule has 1 atom stereocenters. The Balaban J connectivity index is 2.25. The normalized spacial score (nSPS) is 17.2. The third-order valence-corrected chi connectivity index (χ3v) is 13.4. The third-order valence-electron chi connectivity index (χ3n) is 10.1. The van der Waals surface area contributed by atoms with Crippen LogP contribution < -0.4 is 5.30 Å². The molecule has 0 amide bonds. The molecule has 0 saturated carbocycles. The molecule has 1 aliphatic heterocycles. The number of hydrogen-bond donors (Lipinski definition) is 0. The number of ketones is 1. The number of hydrogen-bond acceptors (Lipinski definition) is 1. The van der Waals surface area contributed by atoms with Crippen LogP contribution in [-0.2, 0) is 4.79 Å². The molecule has 45 heavy (non-hydrogen) atoms. The first-order valence-electron chi connectivity index (χ1n) is 17.7. The largest absolute Gasteiger partial charge is 0.300 e. The van der Waals surface area contributed by atoms with Crippen LogP contribution in [0.4, 0.5) is 0 Å². The van der Waals surface area contributed by atoms with E-state index in [0.29, 0.717) is 54.1 Å². The van der Waals surface area contributed by atoms with Gasteiger partial charge in [-0.1, -0.05) is 147 Å². The first-order valence-corrected chi connectivity index (χ1v) is 19.3. The van der Waals surface area contributed by atoms with E-state index in [4.69, 9.17) is 0 Å². The van der Waals surface area contributed by atoms with E-state index in [1.807, 2.05) is 0 Å². The van der Waals surface area contributed by atoms with E-state index in [-0.39, 0.29) is 5.16 Å². The fraction of sp³-hybridized carbons (Fsp3) is 0.558. The van der Waals surface area contributed by atoms with E-state index >= 15 is 0 Å². The van der Waals surface area contributed by atoms with Crippen LogP contribution in [0.15, 0.2) is 42.5 Å². The van der Waals surface area contributed by atoms with Crippen molar-refractivity contribution in [3.63, 3.8) is 0 Å². The minimum Gasteiger partial charge on any atom is -0.300 e. The molecule has 0 aliphatic carbocycles. The Kier molecular flexibility index (Phi) is 11.0. The fourth-order valence-corrected chi connectivity index (χ4v) is 10.6. The lowest BCUT2D eigenvalue weighted by atomic mass is 9.79. The third kappa shape index (κ3) is 7.20. The lowest BCUT2D eigenvalue weighted by Gasteiger charge is -2.41. The average molecular weight is 625 g/mol. The van der Waals surface area contributed by atoms with Gasteiger partial charge >= 0.3 is 0 Å². The summed E-state index contributed by atoms with van der Waals surface area (Å²) in [5.41, 5.74) is 14.5. The highest BCUT2D eigenvalue weighted by Crippen LogP contribution is 2.58. The maximum atomic E-state index is 13.0. The molecule has 1 heterocycles. The molecule has 2 heteroatoms. The van der Waals surface area contributed by atoms with Crippen LogP contribution in [0.2, 0.25) is 0 Å². The van der Waals surface area contributed by atoms with Gasteiger partial charge in [0, 0.05) is 12.8 Å². The van der Waals surface area contributed by atoms with Gasteiger partial charge in [-0.3, -0.25) is 4.79 Å². The zero-order valence-corrected chi connectivity index (χ0v) is 31.9. The van der Waals surface area contributed by atoms with Crippen molar-refractivity contribution in [2.24, 2.45) is 0 Å². The Bertz CT molecular complexity index is 1380. The van der Waals surface area contributed by atoms with E-state index in [1.54, 1.807) is 0 Å². The molecule has 0 radical (unpaired) electrons. The molecular formula is C43H61OP. The van der Waals surface area contributed by atoms with E-state index in [2.05, 4.69) is 139 Å². The fourth-order valence-electron chi connectivity index (χ4n) is 7.39. The van der Waals surface area contributed by atoms with Crippen molar-refractivity contribution in [2.45, 2.75) is 150 Å². The number of rotatable bonds is 9. The molecule has 1 fully saturated rings. The van der Waals surface area contributed by atoms with Crippen molar-refractivity contribution in [2.75, 3.05) is 6.16 Å². The van der Waals surface area contributed by atoms with E-state index < -0.39 is 7.92 Å². The molecule has 3 aromatic carbocycles. The first-order chi connectivity index (χ1) is 21.0. The summed E-state index contributed by atoms with van der Waals surface area (Å²) < 4.78 is 0. The van der Waals surface area contributed by atoms with Gasteiger partial charge in [-0.25, -0.2) is 0 Å². The number of carbonyl (C=O) groups is 1. The second kappa shape index (κ2) is 13.9. The molecule has 1 nitrogen and oxygen atoms in total. The zero-order chi connectivity index (χ0) is 33.5. The number of benzene rings is 3. The Morgan fingerprint density at radius 1 is 0.578 bits per heavy atom. The van der Waals surface area contributed by atoms with Crippen LogP contribution in [0, 0.1) is 0 Å². The van der Waals surface area contributed by atoms with Gasteiger partial charge in [0.15, 0.2) is 0 Å². The molecule has 0 spiro atoms. The molecule has 0 bridgehead atoms. The van der Waals surface area contributed by atoms with E-state index in [9.17, 15) is 4.79 Å². The Morgan fingerprint density at radius 2 is 0.933 bits per heavy atom. The van der Waals surface area contributed by atoms with Gasteiger partial charge in [0.2, 0.25) is 0 Å². The van der Waals surface area contributed by atoms with Crippen molar-refractivity contribution >= 4 is 19.0 Å². The van der Waals surface area contributed by atoms with E-state index in [0.717, 1.165) is 6.16 Å². The maximum Gasteiger partial charge on any atom is 0.134 e. The summed E-state index contributed by atoms with van der Waals surface area (Å²) in [6.07, 6.45) is 2.35. The smallest absolute Gasteiger partial charge is 0.134 e. The van der Waals surface area contributed by atoms with Gasteiger partial charge in [-0.15, -0.1) is 0 Å².